The van der Waals surface area contributed by atoms with Crippen molar-refractivity contribution in [3.05, 3.63) is 84.1 Å². The first kappa shape index (κ1) is 19.9. The minimum atomic E-state index is -0.958. The first-order valence-electron chi connectivity index (χ1n) is 9.85. The van der Waals surface area contributed by atoms with E-state index in [1.54, 1.807) is 6.07 Å². The molecule has 0 amide bonds. The summed E-state index contributed by atoms with van der Waals surface area (Å²) >= 11 is 1.41. The van der Waals surface area contributed by atoms with Gasteiger partial charge in [-0.1, -0.05) is 66.4 Å². The first-order valence-corrected chi connectivity index (χ1v) is 10.7. The van der Waals surface area contributed by atoms with Gasteiger partial charge in [0.05, 0.1) is 16.8 Å². The van der Waals surface area contributed by atoms with E-state index < -0.39 is 5.97 Å². The van der Waals surface area contributed by atoms with Crippen LogP contribution in [0.5, 0.6) is 0 Å². The lowest BCUT2D eigenvalue weighted by Crippen LogP contribution is -2.04. The number of rotatable bonds is 5. The fraction of sp³-hybridized carbons (Fsp3) is 0.0417. The zero-order valence-electron chi connectivity index (χ0n) is 17.0. The van der Waals surface area contributed by atoms with Crippen LogP contribution in [0.4, 0.5) is 0 Å². The summed E-state index contributed by atoms with van der Waals surface area (Å²) in [6, 6.07) is 23.1. The highest BCUT2D eigenvalue weighted by Crippen LogP contribution is 2.37. The number of aromatic nitrogens is 5. The number of aromatic carboxylic acids is 1. The number of para-hydroxylation sites is 1. The third kappa shape index (κ3) is 3.61. The number of nitrogens with one attached hydrogen (secondary N) is 1. The van der Waals surface area contributed by atoms with Gasteiger partial charge in [0.2, 0.25) is 5.82 Å². The smallest absolute Gasteiger partial charge is 0.337 e. The summed E-state index contributed by atoms with van der Waals surface area (Å²) in [6.07, 6.45) is 0. The van der Waals surface area contributed by atoms with Crippen molar-refractivity contribution >= 4 is 28.6 Å². The highest BCUT2D eigenvalue weighted by atomic mass is 32.2. The Morgan fingerprint density at radius 3 is 2.38 bits per heavy atom. The van der Waals surface area contributed by atoms with Crippen LogP contribution in [-0.2, 0) is 0 Å². The minimum Gasteiger partial charge on any atom is -0.478 e. The number of H-pyrrole nitrogens is 1. The molecule has 0 spiro atoms. The van der Waals surface area contributed by atoms with E-state index in [2.05, 4.69) is 25.6 Å². The van der Waals surface area contributed by atoms with Crippen molar-refractivity contribution < 1.29 is 9.90 Å². The third-order valence-electron chi connectivity index (χ3n) is 5.13. The quantitative estimate of drug-likeness (QED) is 0.386. The molecule has 0 saturated heterocycles. The Bertz CT molecular complexity index is 1430. The molecule has 0 aliphatic heterocycles. The topological polar surface area (TPSA) is 105 Å². The number of tetrazole rings is 1. The van der Waals surface area contributed by atoms with Crippen LogP contribution in [-0.4, -0.2) is 36.7 Å². The molecule has 5 aromatic rings. The maximum absolute atomic E-state index is 12.1. The summed E-state index contributed by atoms with van der Waals surface area (Å²) in [6.45, 7) is 1.84. The van der Waals surface area contributed by atoms with Gasteiger partial charge in [-0.15, -0.1) is 10.2 Å². The second-order valence-corrected chi connectivity index (χ2v) is 8.21. The fourth-order valence-electron chi connectivity index (χ4n) is 3.68. The van der Waals surface area contributed by atoms with E-state index in [9.17, 15) is 9.90 Å². The lowest BCUT2D eigenvalue weighted by molar-refractivity contribution is 0.0695. The van der Waals surface area contributed by atoms with Crippen LogP contribution < -0.4 is 0 Å². The highest BCUT2D eigenvalue weighted by Gasteiger charge is 2.19. The molecular formula is C24H17N5O2S. The number of carboxylic acid groups (broad SMARTS) is 1. The Hall–Kier alpha value is -4.04. The lowest BCUT2D eigenvalue weighted by Gasteiger charge is -2.13. The second-order valence-electron chi connectivity index (χ2n) is 7.13. The molecule has 156 valence electrons. The summed E-state index contributed by atoms with van der Waals surface area (Å²) < 4.78 is 0. The molecule has 7 nitrogen and oxygen atoms in total. The summed E-state index contributed by atoms with van der Waals surface area (Å²) in [5, 5.41) is 24.9. The molecule has 0 bridgehead atoms. The van der Waals surface area contributed by atoms with Crippen molar-refractivity contribution in [1.82, 2.24) is 25.6 Å². The Labute approximate surface area is 187 Å². The van der Waals surface area contributed by atoms with E-state index >= 15 is 0 Å². The van der Waals surface area contributed by atoms with Gasteiger partial charge < -0.3 is 5.11 Å². The lowest BCUT2D eigenvalue weighted by atomic mass is 9.99. The SMILES string of the molecule is Cc1nc2ccccc2c(C(=O)O)c1Sc1ccc(-c2ccccc2-c2nn[nH]n2)cc1. The number of carboxylic acids is 1. The van der Waals surface area contributed by atoms with E-state index in [1.165, 1.54) is 11.8 Å². The van der Waals surface area contributed by atoms with Gasteiger partial charge >= 0.3 is 5.97 Å². The number of hydrogen-bond donors (Lipinski definition) is 2. The van der Waals surface area contributed by atoms with Crippen molar-refractivity contribution in [2.45, 2.75) is 16.7 Å². The Balaban J connectivity index is 1.52. The van der Waals surface area contributed by atoms with E-state index in [-0.39, 0.29) is 5.56 Å². The van der Waals surface area contributed by atoms with Gasteiger partial charge in [-0.05, 0) is 41.5 Å². The predicted octanol–water partition coefficient (Wildman–Crippen LogP) is 5.24. The van der Waals surface area contributed by atoms with Crippen molar-refractivity contribution in [1.29, 1.82) is 0 Å². The van der Waals surface area contributed by atoms with E-state index in [0.717, 1.165) is 21.6 Å². The number of aryl methyl sites for hydroxylation is 1. The number of hydrogen-bond acceptors (Lipinski definition) is 6. The van der Waals surface area contributed by atoms with Crippen LogP contribution in [0.15, 0.2) is 82.6 Å². The van der Waals surface area contributed by atoms with Gasteiger partial charge in [-0.25, -0.2) is 4.79 Å². The first-order chi connectivity index (χ1) is 15.6. The number of benzene rings is 3. The van der Waals surface area contributed by atoms with E-state index in [4.69, 9.17) is 0 Å². The van der Waals surface area contributed by atoms with Gasteiger partial charge in [0.1, 0.15) is 0 Å². The standard InChI is InChI=1S/C24H17N5O2S/c1-14-22(21(24(30)31)19-8-4-5-9-20(19)25-14)32-16-12-10-15(11-13-16)17-6-2-3-7-18(17)23-26-28-29-27-23/h2-13H,1H3,(H,30,31)(H,26,27,28,29). The summed E-state index contributed by atoms with van der Waals surface area (Å²) in [4.78, 5) is 18.3. The van der Waals surface area contributed by atoms with Gasteiger partial charge in [0.25, 0.3) is 0 Å². The van der Waals surface area contributed by atoms with Crippen LogP contribution in [0.25, 0.3) is 33.4 Å². The molecule has 0 radical (unpaired) electrons. The molecule has 2 N–H and O–H groups in total. The molecule has 0 aliphatic rings. The number of nitrogens with zero attached hydrogens (tertiary/aromatic N) is 4. The summed E-state index contributed by atoms with van der Waals surface area (Å²) in [5.74, 6) is -0.428. The zero-order valence-corrected chi connectivity index (χ0v) is 17.8. The molecule has 8 heteroatoms. The molecule has 2 heterocycles. The third-order valence-corrected chi connectivity index (χ3v) is 6.34. The van der Waals surface area contributed by atoms with Gasteiger partial charge in [-0.2, -0.15) is 5.21 Å². The average Bonchev–Trinajstić information content (AvgIpc) is 3.35. The van der Waals surface area contributed by atoms with Crippen LogP contribution in [0.3, 0.4) is 0 Å². The number of carbonyl (C=O) groups is 1. The highest BCUT2D eigenvalue weighted by molar-refractivity contribution is 7.99. The van der Waals surface area contributed by atoms with E-state index in [0.29, 0.717) is 27.3 Å². The zero-order chi connectivity index (χ0) is 22.1. The van der Waals surface area contributed by atoms with Crippen LogP contribution in [0.2, 0.25) is 0 Å². The normalized spacial score (nSPS) is 11.0. The van der Waals surface area contributed by atoms with Gasteiger partial charge in [0, 0.05) is 20.7 Å². The predicted molar refractivity (Wildman–Crippen MR) is 123 cm³/mol. The summed E-state index contributed by atoms with van der Waals surface area (Å²) in [7, 11) is 0. The molecule has 0 atom stereocenters. The van der Waals surface area contributed by atoms with Crippen LogP contribution in [0, 0.1) is 6.92 Å². The maximum atomic E-state index is 12.1. The molecule has 0 unspecified atom stereocenters. The number of fused-ring (bicyclic) bond motifs is 1. The van der Waals surface area contributed by atoms with Crippen LogP contribution >= 0.6 is 11.8 Å². The maximum Gasteiger partial charge on any atom is 0.337 e. The molecule has 5 rings (SSSR count). The molecule has 0 fully saturated rings. The summed E-state index contributed by atoms with van der Waals surface area (Å²) in [5.41, 5.74) is 4.52. The molecule has 3 aromatic carbocycles. The van der Waals surface area contributed by atoms with E-state index in [1.807, 2.05) is 73.7 Å². The van der Waals surface area contributed by atoms with Gasteiger partial charge in [0.15, 0.2) is 0 Å². The van der Waals surface area contributed by atoms with Gasteiger partial charge in [-0.3, -0.25) is 4.98 Å². The largest absolute Gasteiger partial charge is 0.478 e. The Morgan fingerprint density at radius 2 is 1.66 bits per heavy atom. The fourth-order valence-corrected chi connectivity index (χ4v) is 4.68. The Kier molecular flexibility index (Phi) is 5.12. The molecule has 2 aromatic heterocycles. The minimum absolute atomic E-state index is 0.282. The number of aromatic amines is 1. The van der Waals surface area contributed by atoms with Crippen LogP contribution in [0.1, 0.15) is 16.1 Å². The van der Waals surface area contributed by atoms with Crippen molar-refractivity contribution in [2.24, 2.45) is 0 Å². The second kappa shape index (κ2) is 8.24. The Morgan fingerprint density at radius 1 is 0.938 bits per heavy atom. The molecule has 32 heavy (non-hydrogen) atoms. The van der Waals surface area contributed by atoms with Crippen molar-refractivity contribution in [3.8, 4) is 22.5 Å². The molecular weight excluding hydrogens is 422 g/mol. The van der Waals surface area contributed by atoms with Crippen molar-refractivity contribution in [3.63, 3.8) is 0 Å². The average molecular weight is 440 g/mol. The monoisotopic (exact) mass is 439 g/mol. The molecule has 0 saturated carbocycles. The van der Waals surface area contributed by atoms with Crippen molar-refractivity contribution in [2.75, 3.05) is 0 Å². The number of pyridine rings is 1. The molecule has 0 aliphatic carbocycles.